The third-order valence-electron chi connectivity index (χ3n) is 2.48. The van der Waals surface area contributed by atoms with E-state index in [2.05, 4.69) is 24.3 Å². The first-order valence-electron chi connectivity index (χ1n) is 5.49. The highest BCUT2D eigenvalue weighted by Gasteiger charge is 2.06. The Bertz CT molecular complexity index is 443. The molecule has 2 aromatic rings. The van der Waals surface area contributed by atoms with Crippen LogP contribution in [-0.2, 0) is 6.54 Å². The summed E-state index contributed by atoms with van der Waals surface area (Å²) in [7, 11) is 0. The molecule has 0 bridgehead atoms. The molecule has 0 aromatic carbocycles. The minimum atomic E-state index is 0.387. The van der Waals surface area contributed by atoms with Gasteiger partial charge in [0.1, 0.15) is 5.76 Å². The van der Waals surface area contributed by atoms with Crippen molar-refractivity contribution in [2.45, 2.75) is 33.4 Å². The number of aromatic nitrogens is 2. The van der Waals surface area contributed by atoms with Crippen molar-refractivity contribution in [2.75, 3.05) is 5.32 Å². The lowest BCUT2D eigenvalue weighted by atomic mass is 10.3. The maximum atomic E-state index is 5.26. The van der Waals surface area contributed by atoms with Crippen LogP contribution in [0.25, 0.3) is 0 Å². The highest BCUT2D eigenvalue weighted by Crippen LogP contribution is 2.16. The average Bonchev–Trinajstić information content (AvgIpc) is 2.84. The molecule has 2 rings (SSSR count). The minimum absolute atomic E-state index is 0.387. The molecule has 4 nitrogen and oxygen atoms in total. The van der Waals surface area contributed by atoms with E-state index in [4.69, 9.17) is 4.42 Å². The van der Waals surface area contributed by atoms with Gasteiger partial charge in [0.25, 0.3) is 0 Å². The molecule has 0 aliphatic heterocycles. The van der Waals surface area contributed by atoms with Crippen molar-refractivity contribution in [1.29, 1.82) is 0 Å². The Morgan fingerprint density at radius 3 is 2.88 bits per heavy atom. The zero-order chi connectivity index (χ0) is 11.5. The van der Waals surface area contributed by atoms with Crippen LogP contribution in [0.5, 0.6) is 0 Å². The van der Waals surface area contributed by atoms with Crippen molar-refractivity contribution in [1.82, 2.24) is 9.78 Å². The maximum Gasteiger partial charge on any atom is 0.122 e. The summed E-state index contributed by atoms with van der Waals surface area (Å²) in [6, 6.07) is 4.23. The highest BCUT2D eigenvalue weighted by molar-refractivity contribution is 5.45. The van der Waals surface area contributed by atoms with Crippen LogP contribution in [0.4, 0.5) is 5.69 Å². The molecule has 16 heavy (non-hydrogen) atoms. The van der Waals surface area contributed by atoms with Crippen LogP contribution in [0.3, 0.4) is 0 Å². The van der Waals surface area contributed by atoms with Gasteiger partial charge < -0.3 is 9.73 Å². The van der Waals surface area contributed by atoms with Gasteiger partial charge in [-0.2, -0.15) is 5.10 Å². The van der Waals surface area contributed by atoms with Crippen LogP contribution in [-0.4, -0.2) is 9.78 Å². The smallest absolute Gasteiger partial charge is 0.122 e. The number of anilines is 1. The zero-order valence-corrected chi connectivity index (χ0v) is 9.90. The van der Waals surface area contributed by atoms with Crippen molar-refractivity contribution >= 4 is 5.69 Å². The van der Waals surface area contributed by atoms with Gasteiger partial charge in [0.15, 0.2) is 0 Å². The Morgan fingerprint density at radius 2 is 2.31 bits per heavy atom. The largest absolute Gasteiger partial charge is 0.467 e. The molecule has 0 aliphatic carbocycles. The Morgan fingerprint density at radius 1 is 1.50 bits per heavy atom. The average molecular weight is 219 g/mol. The van der Waals surface area contributed by atoms with Crippen LogP contribution in [0, 0.1) is 6.92 Å². The van der Waals surface area contributed by atoms with Gasteiger partial charge in [-0.05, 0) is 32.9 Å². The van der Waals surface area contributed by atoms with E-state index in [0.717, 1.165) is 17.1 Å². The number of furan rings is 1. The topological polar surface area (TPSA) is 43.0 Å². The number of aryl methyl sites for hydroxylation is 1. The minimum Gasteiger partial charge on any atom is -0.467 e. The summed E-state index contributed by atoms with van der Waals surface area (Å²) in [4.78, 5) is 0. The van der Waals surface area contributed by atoms with E-state index in [1.54, 1.807) is 6.26 Å². The molecule has 86 valence electrons. The van der Waals surface area contributed by atoms with Crippen molar-refractivity contribution in [3.8, 4) is 0 Å². The summed E-state index contributed by atoms with van der Waals surface area (Å²) in [6.45, 7) is 6.92. The fraction of sp³-hybridized carbons (Fsp3) is 0.417. The van der Waals surface area contributed by atoms with Gasteiger partial charge in [-0.3, -0.25) is 4.68 Å². The second kappa shape index (κ2) is 4.43. The molecule has 0 radical (unpaired) electrons. The van der Waals surface area contributed by atoms with Crippen LogP contribution in [0.2, 0.25) is 0 Å². The second-order valence-electron chi connectivity index (χ2n) is 4.13. The van der Waals surface area contributed by atoms with E-state index in [1.807, 2.05) is 29.9 Å². The van der Waals surface area contributed by atoms with Gasteiger partial charge in [-0.1, -0.05) is 0 Å². The van der Waals surface area contributed by atoms with E-state index in [0.29, 0.717) is 12.6 Å². The molecule has 0 saturated carbocycles. The molecule has 0 saturated heterocycles. The Labute approximate surface area is 95.3 Å². The standard InChI is InChI=1S/C12H17N3O/c1-9(2)15-8-12(10(3)14-15)13-7-11-5-4-6-16-11/h4-6,8-9,13H,7H2,1-3H3. The molecule has 0 aliphatic rings. The molecule has 0 unspecified atom stereocenters. The molecular formula is C12H17N3O. The van der Waals surface area contributed by atoms with E-state index in [-0.39, 0.29) is 0 Å². The Hall–Kier alpha value is -1.71. The van der Waals surface area contributed by atoms with E-state index >= 15 is 0 Å². The molecular weight excluding hydrogens is 202 g/mol. The lowest BCUT2D eigenvalue weighted by Crippen LogP contribution is -2.00. The van der Waals surface area contributed by atoms with Gasteiger partial charge in [-0.15, -0.1) is 0 Å². The van der Waals surface area contributed by atoms with Crippen molar-refractivity contribution in [3.05, 3.63) is 36.0 Å². The van der Waals surface area contributed by atoms with Gasteiger partial charge in [-0.25, -0.2) is 0 Å². The lowest BCUT2D eigenvalue weighted by molar-refractivity contribution is 0.518. The highest BCUT2D eigenvalue weighted by atomic mass is 16.3. The van der Waals surface area contributed by atoms with Crippen molar-refractivity contribution in [2.24, 2.45) is 0 Å². The monoisotopic (exact) mass is 219 g/mol. The summed E-state index contributed by atoms with van der Waals surface area (Å²) >= 11 is 0. The first-order valence-corrected chi connectivity index (χ1v) is 5.49. The molecule has 0 spiro atoms. The normalized spacial score (nSPS) is 11.0. The fourth-order valence-electron chi connectivity index (χ4n) is 1.52. The van der Waals surface area contributed by atoms with Gasteiger partial charge in [0.05, 0.1) is 24.2 Å². The summed E-state index contributed by atoms with van der Waals surface area (Å²) in [5.41, 5.74) is 2.07. The maximum absolute atomic E-state index is 5.26. The van der Waals surface area contributed by atoms with Crippen molar-refractivity contribution in [3.63, 3.8) is 0 Å². The summed E-state index contributed by atoms with van der Waals surface area (Å²) in [6.07, 6.45) is 3.71. The third kappa shape index (κ3) is 2.27. The first kappa shape index (κ1) is 10.8. The lowest BCUT2D eigenvalue weighted by Gasteiger charge is -2.03. The molecule has 2 heterocycles. The quantitative estimate of drug-likeness (QED) is 0.859. The number of hydrogen-bond acceptors (Lipinski definition) is 3. The van der Waals surface area contributed by atoms with E-state index < -0.39 is 0 Å². The Balaban J connectivity index is 2.04. The molecule has 0 fully saturated rings. The van der Waals surface area contributed by atoms with Gasteiger partial charge in [0, 0.05) is 12.2 Å². The number of rotatable bonds is 4. The van der Waals surface area contributed by atoms with E-state index in [9.17, 15) is 0 Å². The first-order chi connectivity index (χ1) is 7.66. The predicted molar refractivity (Wildman–Crippen MR) is 63.4 cm³/mol. The second-order valence-corrected chi connectivity index (χ2v) is 4.13. The summed E-state index contributed by atoms with van der Waals surface area (Å²) in [5, 5.41) is 7.75. The van der Waals surface area contributed by atoms with Gasteiger partial charge in [0.2, 0.25) is 0 Å². The number of hydrogen-bond donors (Lipinski definition) is 1. The number of nitrogens with one attached hydrogen (secondary N) is 1. The number of nitrogens with zero attached hydrogens (tertiary/aromatic N) is 2. The molecule has 4 heteroatoms. The van der Waals surface area contributed by atoms with Crippen LogP contribution < -0.4 is 5.32 Å². The SMILES string of the molecule is Cc1nn(C(C)C)cc1NCc1ccco1. The van der Waals surface area contributed by atoms with Gasteiger partial charge >= 0.3 is 0 Å². The van der Waals surface area contributed by atoms with Crippen LogP contribution >= 0.6 is 0 Å². The zero-order valence-electron chi connectivity index (χ0n) is 9.90. The predicted octanol–water partition coefficient (Wildman–Crippen LogP) is 2.98. The molecule has 0 amide bonds. The molecule has 0 atom stereocenters. The molecule has 2 aromatic heterocycles. The van der Waals surface area contributed by atoms with Crippen LogP contribution in [0.1, 0.15) is 31.3 Å². The summed E-state index contributed by atoms with van der Waals surface area (Å²) < 4.78 is 7.22. The van der Waals surface area contributed by atoms with Crippen molar-refractivity contribution < 1.29 is 4.42 Å². The Kier molecular flexibility index (Phi) is 2.99. The fourth-order valence-corrected chi connectivity index (χ4v) is 1.52. The third-order valence-corrected chi connectivity index (χ3v) is 2.48. The molecule has 1 N–H and O–H groups in total. The van der Waals surface area contributed by atoms with E-state index in [1.165, 1.54) is 0 Å². The summed E-state index contributed by atoms with van der Waals surface area (Å²) in [5.74, 6) is 0.927. The van der Waals surface area contributed by atoms with Crippen LogP contribution in [0.15, 0.2) is 29.0 Å².